The Labute approximate surface area is 108 Å². The van der Waals surface area contributed by atoms with Crippen molar-refractivity contribution >= 4 is 19.3 Å². The molecular weight excluding hydrogens is 267 g/mol. The van der Waals surface area contributed by atoms with Gasteiger partial charge in [0.2, 0.25) is 0 Å². The highest BCUT2D eigenvalue weighted by molar-refractivity contribution is 7.56. The topological polar surface area (TPSA) is 118 Å². The van der Waals surface area contributed by atoms with Gasteiger partial charge in [0.1, 0.15) is 17.4 Å². The molecule has 1 aliphatic heterocycles. The Morgan fingerprint density at radius 1 is 1.42 bits per heavy atom. The first kappa shape index (κ1) is 11.6. The third-order valence-corrected chi connectivity index (χ3v) is 4.19. The number of fused-ring (bicyclic) bond motifs is 1. The fraction of sp³-hybridized carbons (Fsp3) is 0. The van der Waals surface area contributed by atoms with Gasteiger partial charge in [-0.3, -0.25) is 5.43 Å². The normalized spacial score (nSPS) is 20.4. The number of nitriles is 1. The quantitative estimate of drug-likeness (QED) is 0.707. The van der Waals surface area contributed by atoms with Gasteiger partial charge in [0.05, 0.1) is 0 Å². The molecule has 4 N–H and O–H groups in total. The summed E-state index contributed by atoms with van der Waals surface area (Å²) in [6.45, 7) is 0. The molecule has 1 aromatic carbocycles. The van der Waals surface area contributed by atoms with Crippen LogP contribution in [0.5, 0.6) is 5.75 Å². The van der Waals surface area contributed by atoms with Gasteiger partial charge in [0, 0.05) is 0 Å². The molecule has 1 unspecified atom stereocenters. The van der Waals surface area contributed by atoms with Crippen LogP contribution >= 0.6 is 7.67 Å². The van der Waals surface area contributed by atoms with Gasteiger partial charge in [-0.05, 0) is 12.1 Å². The fourth-order valence-corrected chi connectivity index (χ4v) is 3.19. The van der Waals surface area contributed by atoms with E-state index in [1.54, 1.807) is 24.3 Å². The van der Waals surface area contributed by atoms with E-state index >= 15 is 0 Å². The van der Waals surface area contributed by atoms with Gasteiger partial charge in [-0.1, -0.05) is 18.2 Å². The Hall–Kier alpha value is -2.49. The summed E-state index contributed by atoms with van der Waals surface area (Å²) in [6, 6.07) is 10.5. The zero-order valence-electron chi connectivity index (χ0n) is 9.57. The molecule has 0 bridgehead atoms. The van der Waals surface area contributed by atoms with Crippen molar-refractivity contribution in [1.82, 2.24) is 14.7 Å². The molecular formula is C10H9N6O2P. The van der Waals surface area contributed by atoms with Crippen molar-refractivity contribution in [3.05, 3.63) is 35.9 Å². The zero-order chi connectivity index (χ0) is 13.5. The zero-order valence-corrected chi connectivity index (χ0v) is 10.5. The number of nitrogens with one attached hydrogen (secondary N) is 2. The molecule has 19 heavy (non-hydrogen) atoms. The third-order valence-electron chi connectivity index (χ3n) is 2.54. The Kier molecular flexibility index (Phi) is 2.45. The van der Waals surface area contributed by atoms with Gasteiger partial charge in [0.15, 0.2) is 11.6 Å². The van der Waals surface area contributed by atoms with Gasteiger partial charge in [-0.15, -0.1) is 14.7 Å². The van der Waals surface area contributed by atoms with Crippen LogP contribution in [0.2, 0.25) is 0 Å². The molecule has 9 heteroatoms. The Bertz CT molecular complexity index is 720. The lowest BCUT2D eigenvalue weighted by Crippen LogP contribution is -2.16. The first-order chi connectivity index (χ1) is 9.14. The number of para-hydroxylation sites is 1. The maximum absolute atomic E-state index is 12.6. The molecule has 3 rings (SSSR count). The smallest absolute Gasteiger partial charge is 0.416 e. The number of hydrogen-bond donors (Lipinski definition) is 3. The third kappa shape index (κ3) is 1.73. The van der Waals surface area contributed by atoms with Crippen molar-refractivity contribution in [2.75, 3.05) is 11.2 Å². The number of aromatic nitrogens is 2. The van der Waals surface area contributed by atoms with Crippen molar-refractivity contribution in [2.45, 2.75) is 0 Å². The van der Waals surface area contributed by atoms with E-state index in [2.05, 4.69) is 15.7 Å². The molecule has 0 amide bonds. The number of hydrazine groups is 1. The largest absolute Gasteiger partial charge is 0.458 e. The first-order valence-corrected chi connectivity index (χ1v) is 6.89. The van der Waals surface area contributed by atoms with E-state index in [-0.39, 0.29) is 17.2 Å². The van der Waals surface area contributed by atoms with E-state index in [0.29, 0.717) is 5.75 Å². The highest BCUT2D eigenvalue weighted by atomic mass is 31.2. The molecule has 96 valence electrons. The first-order valence-electron chi connectivity index (χ1n) is 5.31. The van der Waals surface area contributed by atoms with E-state index in [1.807, 2.05) is 12.1 Å². The highest BCUT2D eigenvalue weighted by Gasteiger charge is 2.40. The molecule has 2 heterocycles. The van der Waals surface area contributed by atoms with E-state index in [0.717, 1.165) is 4.45 Å². The van der Waals surface area contributed by atoms with E-state index < -0.39 is 7.67 Å². The number of hydrogen-bond acceptors (Lipinski definition) is 6. The van der Waals surface area contributed by atoms with Crippen molar-refractivity contribution in [1.29, 1.82) is 5.26 Å². The maximum atomic E-state index is 12.6. The highest BCUT2D eigenvalue weighted by Crippen LogP contribution is 2.51. The second-order valence-electron chi connectivity index (χ2n) is 3.77. The second-order valence-corrected chi connectivity index (χ2v) is 5.60. The standard InChI is InChI=1S/C10H9N6O2P/c11-6-8-9(12)14-16-10(8)13-15-19(16,17)18-7-4-2-1-3-5-7/h1-5,13H,(H2,12,14)(H,15,17). The van der Waals surface area contributed by atoms with Gasteiger partial charge >= 0.3 is 7.67 Å². The molecule has 8 nitrogen and oxygen atoms in total. The number of nitrogen functional groups attached to an aromatic ring is 1. The number of nitrogens with zero attached hydrogens (tertiary/aromatic N) is 3. The number of nitrogens with two attached hydrogens (primary N) is 1. The van der Waals surface area contributed by atoms with Crippen LogP contribution in [0, 0.1) is 11.3 Å². The van der Waals surface area contributed by atoms with E-state index in [1.165, 1.54) is 0 Å². The lowest BCUT2D eigenvalue weighted by Gasteiger charge is -2.13. The van der Waals surface area contributed by atoms with Crippen molar-refractivity contribution in [3.8, 4) is 11.8 Å². The van der Waals surface area contributed by atoms with Gasteiger partial charge < -0.3 is 10.3 Å². The molecule has 0 aliphatic carbocycles. The summed E-state index contributed by atoms with van der Waals surface area (Å²) >= 11 is 0. The average Bonchev–Trinajstić information content (AvgIpc) is 2.88. The predicted molar refractivity (Wildman–Crippen MR) is 68.2 cm³/mol. The minimum atomic E-state index is -3.49. The lowest BCUT2D eigenvalue weighted by molar-refractivity contribution is 0.462. The maximum Gasteiger partial charge on any atom is 0.458 e. The van der Waals surface area contributed by atoms with E-state index in [9.17, 15) is 4.57 Å². The average molecular weight is 276 g/mol. The van der Waals surface area contributed by atoms with Crippen LogP contribution in [0.15, 0.2) is 30.3 Å². The molecule has 0 saturated carbocycles. The van der Waals surface area contributed by atoms with Crippen LogP contribution < -0.4 is 20.9 Å². The monoisotopic (exact) mass is 276 g/mol. The lowest BCUT2D eigenvalue weighted by atomic mass is 10.3. The molecule has 1 aliphatic rings. The minimum absolute atomic E-state index is 0.00314. The fourth-order valence-electron chi connectivity index (χ4n) is 1.69. The SMILES string of the molecule is N#Cc1c(N)nn2c1NNP2(=O)Oc1ccccc1. The molecule has 0 radical (unpaired) electrons. The summed E-state index contributed by atoms with van der Waals surface area (Å²) in [5.74, 6) is 0.656. The van der Waals surface area contributed by atoms with Crippen LogP contribution in [-0.2, 0) is 4.57 Å². The summed E-state index contributed by atoms with van der Waals surface area (Å²) in [5.41, 5.74) is 8.32. The molecule has 0 saturated heterocycles. The van der Waals surface area contributed by atoms with Crippen molar-refractivity contribution in [3.63, 3.8) is 0 Å². The molecule has 0 fully saturated rings. The summed E-state index contributed by atoms with van der Waals surface area (Å²) in [7, 11) is -3.49. The minimum Gasteiger partial charge on any atom is -0.416 e. The van der Waals surface area contributed by atoms with Gasteiger partial charge in [-0.2, -0.15) is 5.26 Å². The number of anilines is 2. The molecule has 2 aromatic rings. The van der Waals surface area contributed by atoms with Crippen LogP contribution in [0.3, 0.4) is 0 Å². The molecule has 1 atom stereocenters. The van der Waals surface area contributed by atoms with E-state index in [4.69, 9.17) is 15.5 Å². The van der Waals surface area contributed by atoms with Crippen LogP contribution in [0.1, 0.15) is 5.56 Å². The summed E-state index contributed by atoms with van der Waals surface area (Å²) in [4.78, 5) is 0. The number of rotatable bonds is 2. The van der Waals surface area contributed by atoms with Crippen LogP contribution in [0.25, 0.3) is 0 Å². The Morgan fingerprint density at radius 3 is 2.84 bits per heavy atom. The Balaban J connectivity index is 2.02. The van der Waals surface area contributed by atoms with Gasteiger partial charge in [-0.25, -0.2) is 4.57 Å². The van der Waals surface area contributed by atoms with Gasteiger partial charge in [0.25, 0.3) is 0 Å². The summed E-state index contributed by atoms with van der Waals surface area (Å²) in [6.07, 6.45) is 0. The second kappa shape index (κ2) is 4.02. The Morgan fingerprint density at radius 2 is 2.16 bits per heavy atom. The summed E-state index contributed by atoms with van der Waals surface area (Å²) in [5, 5.41) is 15.3. The predicted octanol–water partition coefficient (Wildman–Crippen LogP) is 1.30. The number of benzene rings is 1. The van der Waals surface area contributed by atoms with Crippen LogP contribution in [0.4, 0.5) is 11.6 Å². The molecule has 0 spiro atoms. The molecule has 1 aromatic heterocycles. The van der Waals surface area contributed by atoms with Crippen molar-refractivity contribution in [2.24, 2.45) is 0 Å². The summed E-state index contributed by atoms with van der Waals surface area (Å²) < 4.78 is 19.1. The van der Waals surface area contributed by atoms with Crippen molar-refractivity contribution < 1.29 is 9.09 Å². The van der Waals surface area contributed by atoms with Crippen LogP contribution in [-0.4, -0.2) is 9.55 Å².